The third kappa shape index (κ3) is 3.78. The Morgan fingerprint density at radius 2 is 1.88 bits per heavy atom. The van der Waals surface area contributed by atoms with Gasteiger partial charge in [-0.25, -0.2) is 0 Å². The van der Waals surface area contributed by atoms with Crippen LogP contribution in [-0.2, 0) is 17.6 Å². The van der Waals surface area contributed by atoms with E-state index in [1.807, 2.05) is 6.92 Å². The zero-order valence-electron chi connectivity index (χ0n) is 14.5. The Balaban J connectivity index is 1.75. The SMILES string of the molecule is CC(CC(=O)O)Cc1ccc(-c2ccc3c(c2)CCCN3C)cc1. The molecule has 3 nitrogen and oxygen atoms in total. The van der Waals surface area contributed by atoms with Crippen molar-refractivity contribution in [2.75, 3.05) is 18.5 Å². The van der Waals surface area contributed by atoms with Gasteiger partial charge >= 0.3 is 5.97 Å². The Morgan fingerprint density at radius 3 is 2.58 bits per heavy atom. The van der Waals surface area contributed by atoms with Crippen LogP contribution in [-0.4, -0.2) is 24.7 Å². The third-order valence-corrected chi connectivity index (χ3v) is 4.82. The molecular weight excluding hydrogens is 298 g/mol. The van der Waals surface area contributed by atoms with Crippen LogP contribution in [0.15, 0.2) is 42.5 Å². The number of nitrogens with zero attached hydrogens (tertiary/aromatic N) is 1. The largest absolute Gasteiger partial charge is 0.481 e. The molecule has 3 heteroatoms. The Morgan fingerprint density at radius 1 is 1.17 bits per heavy atom. The van der Waals surface area contributed by atoms with Crippen molar-refractivity contribution >= 4 is 11.7 Å². The predicted molar refractivity (Wildman–Crippen MR) is 98.6 cm³/mol. The lowest BCUT2D eigenvalue weighted by Gasteiger charge is -2.27. The number of rotatable bonds is 5. The number of carboxylic acids is 1. The predicted octanol–water partition coefficient (Wildman–Crippen LogP) is 4.39. The minimum Gasteiger partial charge on any atom is -0.481 e. The van der Waals surface area contributed by atoms with E-state index in [-0.39, 0.29) is 12.3 Å². The molecule has 2 aromatic rings. The summed E-state index contributed by atoms with van der Waals surface area (Å²) in [7, 11) is 2.16. The lowest BCUT2D eigenvalue weighted by molar-refractivity contribution is -0.137. The van der Waals surface area contributed by atoms with Crippen LogP contribution >= 0.6 is 0 Å². The summed E-state index contributed by atoms with van der Waals surface area (Å²) >= 11 is 0. The first-order valence-corrected chi connectivity index (χ1v) is 8.68. The van der Waals surface area contributed by atoms with Crippen molar-refractivity contribution in [2.24, 2.45) is 5.92 Å². The molecule has 24 heavy (non-hydrogen) atoms. The van der Waals surface area contributed by atoms with Crippen LogP contribution < -0.4 is 4.90 Å². The zero-order valence-corrected chi connectivity index (χ0v) is 14.5. The van der Waals surface area contributed by atoms with Gasteiger partial charge in [0.15, 0.2) is 0 Å². The highest BCUT2D eigenvalue weighted by Gasteiger charge is 2.14. The molecule has 1 atom stereocenters. The minimum atomic E-state index is -0.724. The molecule has 0 saturated carbocycles. The molecule has 0 saturated heterocycles. The first kappa shape index (κ1) is 16.6. The van der Waals surface area contributed by atoms with Crippen molar-refractivity contribution in [1.82, 2.24) is 0 Å². The highest BCUT2D eigenvalue weighted by Crippen LogP contribution is 2.31. The fourth-order valence-corrected chi connectivity index (χ4v) is 3.57. The maximum absolute atomic E-state index is 10.8. The number of anilines is 1. The van der Waals surface area contributed by atoms with Crippen LogP contribution in [0.25, 0.3) is 11.1 Å². The molecule has 0 spiro atoms. The molecule has 1 aliphatic heterocycles. The highest BCUT2D eigenvalue weighted by molar-refractivity contribution is 5.70. The van der Waals surface area contributed by atoms with E-state index in [9.17, 15) is 4.79 Å². The van der Waals surface area contributed by atoms with Gasteiger partial charge in [0.1, 0.15) is 0 Å². The molecule has 2 aromatic carbocycles. The van der Waals surface area contributed by atoms with Gasteiger partial charge in [-0.05, 0) is 59.6 Å². The van der Waals surface area contributed by atoms with Crippen LogP contribution in [0.3, 0.4) is 0 Å². The van der Waals surface area contributed by atoms with E-state index in [4.69, 9.17) is 5.11 Å². The summed E-state index contributed by atoms with van der Waals surface area (Å²) in [6, 6.07) is 15.3. The number of aryl methyl sites for hydroxylation is 1. The quantitative estimate of drug-likeness (QED) is 0.887. The molecule has 1 unspecified atom stereocenters. The standard InChI is InChI=1S/C21H25NO2/c1-15(13-21(23)24)12-16-5-7-17(8-6-16)18-9-10-20-19(14-18)4-3-11-22(20)2/h5-10,14-15H,3-4,11-13H2,1-2H3,(H,23,24). The number of benzene rings is 2. The summed E-state index contributed by atoms with van der Waals surface area (Å²) in [5.41, 5.74) is 6.46. The molecule has 1 aliphatic rings. The van der Waals surface area contributed by atoms with E-state index in [0.717, 1.165) is 19.4 Å². The molecule has 0 bridgehead atoms. The molecule has 1 heterocycles. The normalized spacial score (nSPS) is 15.0. The summed E-state index contributed by atoms with van der Waals surface area (Å²) in [5.74, 6) is -0.564. The molecule has 0 radical (unpaired) electrons. The van der Waals surface area contributed by atoms with Crippen molar-refractivity contribution in [1.29, 1.82) is 0 Å². The lowest BCUT2D eigenvalue weighted by Crippen LogP contribution is -2.24. The van der Waals surface area contributed by atoms with Gasteiger partial charge in [0.05, 0.1) is 0 Å². The Labute approximate surface area is 143 Å². The number of hydrogen-bond donors (Lipinski definition) is 1. The van der Waals surface area contributed by atoms with E-state index in [1.54, 1.807) is 0 Å². The first-order chi connectivity index (χ1) is 11.5. The number of hydrogen-bond acceptors (Lipinski definition) is 2. The van der Waals surface area contributed by atoms with Gasteiger partial charge in [0.25, 0.3) is 0 Å². The topological polar surface area (TPSA) is 40.5 Å². The number of carbonyl (C=O) groups is 1. The maximum Gasteiger partial charge on any atom is 0.303 e. The Kier molecular flexibility index (Phi) is 4.89. The van der Waals surface area contributed by atoms with Crippen molar-refractivity contribution in [3.63, 3.8) is 0 Å². The minimum absolute atomic E-state index is 0.160. The van der Waals surface area contributed by atoms with Crippen molar-refractivity contribution in [3.05, 3.63) is 53.6 Å². The Bertz CT molecular complexity index is 721. The van der Waals surface area contributed by atoms with Gasteiger partial charge in [0, 0.05) is 25.7 Å². The van der Waals surface area contributed by atoms with Crippen molar-refractivity contribution in [3.8, 4) is 11.1 Å². The van der Waals surface area contributed by atoms with Crippen molar-refractivity contribution < 1.29 is 9.90 Å². The van der Waals surface area contributed by atoms with Gasteiger partial charge < -0.3 is 10.0 Å². The molecule has 3 rings (SSSR count). The maximum atomic E-state index is 10.8. The summed E-state index contributed by atoms with van der Waals surface area (Å²) in [5, 5.41) is 8.87. The van der Waals surface area contributed by atoms with Gasteiger partial charge in [0.2, 0.25) is 0 Å². The van der Waals surface area contributed by atoms with E-state index < -0.39 is 5.97 Å². The lowest BCUT2D eigenvalue weighted by atomic mass is 9.94. The summed E-state index contributed by atoms with van der Waals surface area (Å²) in [6.07, 6.45) is 3.40. The average molecular weight is 323 g/mol. The first-order valence-electron chi connectivity index (χ1n) is 8.68. The summed E-state index contributed by atoms with van der Waals surface area (Å²) in [4.78, 5) is 13.1. The van der Waals surface area contributed by atoms with E-state index in [1.165, 1.54) is 34.4 Å². The van der Waals surface area contributed by atoms with Crippen LogP contribution in [0, 0.1) is 5.92 Å². The molecule has 0 aliphatic carbocycles. The smallest absolute Gasteiger partial charge is 0.303 e. The molecule has 1 N–H and O–H groups in total. The fraction of sp³-hybridized carbons (Fsp3) is 0.381. The van der Waals surface area contributed by atoms with Crippen molar-refractivity contribution in [2.45, 2.75) is 32.6 Å². The van der Waals surface area contributed by atoms with E-state index in [0.29, 0.717) is 0 Å². The van der Waals surface area contributed by atoms with Gasteiger partial charge in [-0.1, -0.05) is 37.3 Å². The molecule has 126 valence electrons. The van der Waals surface area contributed by atoms with Crippen LogP contribution in [0.2, 0.25) is 0 Å². The number of fused-ring (bicyclic) bond motifs is 1. The van der Waals surface area contributed by atoms with Gasteiger partial charge in [-0.3, -0.25) is 4.79 Å². The summed E-state index contributed by atoms with van der Waals surface area (Å²) in [6.45, 7) is 3.12. The van der Waals surface area contributed by atoms with Crippen LogP contribution in [0.4, 0.5) is 5.69 Å². The van der Waals surface area contributed by atoms with Gasteiger partial charge in [-0.15, -0.1) is 0 Å². The number of carboxylic acid groups (broad SMARTS) is 1. The summed E-state index contributed by atoms with van der Waals surface area (Å²) < 4.78 is 0. The van der Waals surface area contributed by atoms with Crippen LogP contribution in [0.5, 0.6) is 0 Å². The highest BCUT2D eigenvalue weighted by atomic mass is 16.4. The van der Waals surface area contributed by atoms with E-state index >= 15 is 0 Å². The molecule has 0 amide bonds. The second kappa shape index (κ2) is 7.08. The molecule has 0 aromatic heterocycles. The fourth-order valence-electron chi connectivity index (χ4n) is 3.57. The van der Waals surface area contributed by atoms with E-state index in [2.05, 4.69) is 54.4 Å². The second-order valence-corrected chi connectivity index (χ2v) is 6.97. The molecular formula is C21H25NO2. The van der Waals surface area contributed by atoms with Gasteiger partial charge in [-0.2, -0.15) is 0 Å². The number of aliphatic carboxylic acids is 1. The third-order valence-electron chi connectivity index (χ3n) is 4.82. The zero-order chi connectivity index (χ0) is 17.1. The monoisotopic (exact) mass is 323 g/mol. The van der Waals surface area contributed by atoms with Crippen LogP contribution in [0.1, 0.15) is 30.9 Å². The molecule has 0 fully saturated rings. The second-order valence-electron chi connectivity index (χ2n) is 6.97. The average Bonchev–Trinajstić information content (AvgIpc) is 2.54. The Hall–Kier alpha value is -2.29.